The van der Waals surface area contributed by atoms with Gasteiger partial charge in [-0.2, -0.15) is 0 Å². The summed E-state index contributed by atoms with van der Waals surface area (Å²) < 4.78 is 0.981. The maximum absolute atomic E-state index is 11.3. The molecule has 0 aromatic carbocycles. The fourth-order valence-corrected chi connectivity index (χ4v) is 2.82. The number of hydrogen-bond acceptors (Lipinski definition) is 3. The Labute approximate surface area is 87.3 Å². The number of nitrogens with one attached hydrogen (secondary N) is 1. The molecule has 1 saturated heterocycles. The Hall–Kier alpha value is -0.680. The lowest BCUT2D eigenvalue weighted by atomic mass is 10.1. The van der Waals surface area contributed by atoms with Crippen LogP contribution in [0.4, 0.5) is 0 Å². The van der Waals surface area contributed by atoms with Crippen molar-refractivity contribution < 1.29 is 9.59 Å². The number of carbonyl (C=O) groups excluding carboxylic acids is 2. The zero-order chi connectivity index (χ0) is 9.42. The summed E-state index contributed by atoms with van der Waals surface area (Å²) in [5.41, 5.74) is 0. The molecule has 2 rings (SSSR count). The first-order chi connectivity index (χ1) is 6.16. The van der Waals surface area contributed by atoms with Crippen LogP contribution in [0.25, 0.3) is 0 Å². The summed E-state index contributed by atoms with van der Waals surface area (Å²) in [5, 5.41) is 2.29. The predicted molar refractivity (Wildman–Crippen MR) is 52.5 cm³/mol. The largest absolute Gasteiger partial charge is 0.296 e. The van der Waals surface area contributed by atoms with E-state index in [1.165, 1.54) is 11.3 Å². The summed E-state index contributed by atoms with van der Waals surface area (Å²) in [5.74, 6) is -0.636. The third kappa shape index (κ3) is 1.66. The quantitative estimate of drug-likeness (QED) is 0.780. The molecule has 0 bridgehead atoms. The van der Waals surface area contributed by atoms with Crippen molar-refractivity contribution in [2.24, 2.45) is 0 Å². The molecule has 1 N–H and O–H groups in total. The molecule has 5 heteroatoms. The SMILES string of the molecule is O=C1CC(c2ccc(Br)s2)C(=O)N1. The van der Waals surface area contributed by atoms with E-state index in [-0.39, 0.29) is 24.2 Å². The van der Waals surface area contributed by atoms with Crippen LogP contribution in [0.15, 0.2) is 15.9 Å². The van der Waals surface area contributed by atoms with E-state index in [2.05, 4.69) is 21.2 Å². The second-order valence-corrected chi connectivity index (χ2v) is 5.31. The molecule has 0 radical (unpaired) electrons. The fraction of sp³-hybridized carbons (Fsp3) is 0.250. The number of halogens is 1. The van der Waals surface area contributed by atoms with Gasteiger partial charge >= 0.3 is 0 Å². The van der Waals surface area contributed by atoms with Crippen LogP contribution in [0.1, 0.15) is 17.2 Å². The third-order valence-electron chi connectivity index (χ3n) is 1.91. The molecule has 1 aromatic rings. The Morgan fingerprint density at radius 1 is 1.46 bits per heavy atom. The Morgan fingerprint density at radius 3 is 2.69 bits per heavy atom. The van der Waals surface area contributed by atoms with Crippen LogP contribution < -0.4 is 5.32 Å². The van der Waals surface area contributed by atoms with Crippen molar-refractivity contribution in [2.75, 3.05) is 0 Å². The molecule has 1 aliphatic rings. The lowest BCUT2D eigenvalue weighted by Gasteiger charge is -1.99. The van der Waals surface area contributed by atoms with Crippen LogP contribution in [-0.4, -0.2) is 11.8 Å². The van der Waals surface area contributed by atoms with E-state index in [0.717, 1.165) is 8.66 Å². The molecule has 1 fully saturated rings. The zero-order valence-corrected chi connectivity index (χ0v) is 8.94. The molecule has 3 nitrogen and oxygen atoms in total. The lowest BCUT2D eigenvalue weighted by molar-refractivity contribution is -0.125. The summed E-state index contributed by atoms with van der Waals surface area (Å²) in [6.07, 6.45) is 0.284. The van der Waals surface area contributed by atoms with Gasteiger partial charge in [0.25, 0.3) is 0 Å². The van der Waals surface area contributed by atoms with Gasteiger partial charge in [-0.1, -0.05) is 0 Å². The molecule has 0 saturated carbocycles. The molecule has 2 heterocycles. The number of imide groups is 1. The van der Waals surface area contributed by atoms with E-state index in [9.17, 15) is 9.59 Å². The van der Waals surface area contributed by atoms with Crippen LogP contribution >= 0.6 is 27.3 Å². The molecule has 1 unspecified atom stereocenters. The van der Waals surface area contributed by atoms with Gasteiger partial charge in [0.2, 0.25) is 11.8 Å². The maximum atomic E-state index is 11.3. The van der Waals surface area contributed by atoms with Crippen LogP contribution in [-0.2, 0) is 9.59 Å². The van der Waals surface area contributed by atoms with Gasteiger partial charge < -0.3 is 0 Å². The van der Waals surface area contributed by atoms with Crippen molar-refractivity contribution >= 4 is 39.1 Å². The Morgan fingerprint density at radius 2 is 2.23 bits per heavy atom. The highest BCUT2D eigenvalue weighted by Gasteiger charge is 2.32. The summed E-state index contributed by atoms with van der Waals surface area (Å²) in [7, 11) is 0. The van der Waals surface area contributed by atoms with Crippen molar-refractivity contribution in [3.63, 3.8) is 0 Å². The minimum atomic E-state index is -0.274. The second kappa shape index (κ2) is 3.23. The van der Waals surface area contributed by atoms with Crippen molar-refractivity contribution in [1.29, 1.82) is 0 Å². The zero-order valence-electron chi connectivity index (χ0n) is 6.54. The van der Waals surface area contributed by atoms with Crippen LogP contribution in [0, 0.1) is 0 Å². The van der Waals surface area contributed by atoms with Crippen molar-refractivity contribution in [3.8, 4) is 0 Å². The topological polar surface area (TPSA) is 46.2 Å². The highest BCUT2D eigenvalue weighted by Crippen LogP contribution is 2.32. The number of amides is 2. The molecule has 1 aliphatic heterocycles. The molecule has 68 valence electrons. The first-order valence-corrected chi connectivity index (χ1v) is 5.36. The van der Waals surface area contributed by atoms with E-state index in [1.807, 2.05) is 12.1 Å². The van der Waals surface area contributed by atoms with Gasteiger partial charge in [0.1, 0.15) is 0 Å². The normalized spacial score (nSPS) is 22.1. The molecule has 2 amide bonds. The fourth-order valence-electron chi connectivity index (χ4n) is 1.30. The van der Waals surface area contributed by atoms with Gasteiger partial charge in [0, 0.05) is 11.3 Å². The maximum Gasteiger partial charge on any atom is 0.235 e. The van der Waals surface area contributed by atoms with E-state index in [4.69, 9.17) is 0 Å². The van der Waals surface area contributed by atoms with E-state index < -0.39 is 0 Å². The van der Waals surface area contributed by atoms with Gasteiger partial charge in [0.05, 0.1) is 9.70 Å². The first-order valence-electron chi connectivity index (χ1n) is 3.76. The van der Waals surface area contributed by atoms with Crippen LogP contribution in [0.2, 0.25) is 0 Å². The molecule has 1 aromatic heterocycles. The summed E-state index contributed by atoms with van der Waals surface area (Å²) in [4.78, 5) is 23.1. The van der Waals surface area contributed by atoms with Gasteiger partial charge in [-0.25, -0.2) is 0 Å². The predicted octanol–water partition coefficient (Wildman–Crippen LogP) is 1.64. The number of thiophene rings is 1. The monoisotopic (exact) mass is 259 g/mol. The summed E-state index contributed by atoms with van der Waals surface area (Å²) in [6, 6.07) is 3.76. The Bertz CT molecular complexity index is 374. The number of hydrogen-bond donors (Lipinski definition) is 1. The van der Waals surface area contributed by atoms with Crippen LogP contribution in [0.5, 0.6) is 0 Å². The average Bonchev–Trinajstić information content (AvgIpc) is 2.58. The standard InChI is InChI=1S/C8H6BrNO2S/c9-6-2-1-5(13-6)4-3-7(11)10-8(4)12/h1-2,4H,3H2,(H,10,11,12). The number of rotatable bonds is 1. The molecule has 13 heavy (non-hydrogen) atoms. The highest BCUT2D eigenvalue weighted by atomic mass is 79.9. The molecule has 1 atom stereocenters. The van der Waals surface area contributed by atoms with E-state index >= 15 is 0 Å². The smallest absolute Gasteiger partial charge is 0.235 e. The Balaban J connectivity index is 2.27. The summed E-state index contributed by atoms with van der Waals surface area (Å²) >= 11 is 4.81. The molecule has 0 spiro atoms. The highest BCUT2D eigenvalue weighted by molar-refractivity contribution is 9.11. The minimum Gasteiger partial charge on any atom is -0.296 e. The van der Waals surface area contributed by atoms with E-state index in [0.29, 0.717) is 0 Å². The van der Waals surface area contributed by atoms with Crippen molar-refractivity contribution in [1.82, 2.24) is 5.32 Å². The van der Waals surface area contributed by atoms with Gasteiger partial charge in [-0.15, -0.1) is 11.3 Å². The van der Waals surface area contributed by atoms with Gasteiger partial charge in [-0.05, 0) is 28.1 Å². The van der Waals surface area contributed by atoms with Crippen LogP contribution in [0.3, 0.4) is 0 Å². The molecular formula is C8H6BrNO2S. The summed E-state index contributed by atoms with van der Waals surface area (Å²) in [6.45, 7) is 0. The minimum absolute atomic E-state index is 0.181. The molecular weight excluding hydrogens is 254 g/mol. The lowest BCUT2D eigenvalue weighted by Crippen LogP contribution is -2.21. The average molecular weight is 260 g/mol. The van der Waals surface area contributed by atoms with Gasteiger partial charge in [-0.3, -0.25) is 14.9 Å². The molecule has 0 aliphatic carbocycles. The second-order valence-electron chi connectivity index (χ2n) is 2.81. The van der Waals surface area contributed by atoms with Gasteiger partial charge in [0.15, 0.2) is 0 Å². The Kier molecular flexibility index (Phi) is 2.21. The van der Waals surface area contributed by atoms with Crippen molar-refractivity contribution in [3.05, 3.63) is 20.8 Å². The number of carbonyl (C=O) groups is 2. The first kappa shape index (κ1) is 8.90. The van der Waals surface area contributed by atoms with Crippen molar-refractivity contribution in [2.45, 2.75) is 12.3 Å². The third-order valence-corrected chi connectivity index (χ3v) is 3.64. The van der Waals surface area contributed by atoms with E-state index in [1.54, 1.807) is 0 Å².